The van der Waals surface area contributed by atoms with Gasteiger partial charge in [-0.1, -0.05) is 33.8 Å². The first-order valence-corrected chi connectivity index (χ1v) is 6.79. The maximum absolute atomic E-state index is 4.25. The van der Waals surface area contributed by atoms with Gasteiger partial charge in [0.2, 0.25) is 0 Å². The Morgan fingerprint density at radius 1 is 0.889 bits per heavy atom. The predicted molar refractivity (Wildman–Crippen MR) is 77.0 cm³/mol. The lowest BCUT2D eigenvalue weighted by molar-refractivity contribution is 0.332. The van der Waals surface area contributed by atoms with Gasteiger partial charge in [-0.25, -0.2) is 0 Å². The Kier molecular flexibility index (Phi) is 2.32. The molecular weight excluding hydrogens is 218 g/mol. The second kappa shape index (κ2) is 3.57. The van der Waals surface area contributed by atoms with Gasteiger partial charge in [-0.3, -0.25) is 4.98 Å². The maximum atomic E-state index is 4.25. The first-order chi connectivity index (χ1) is 8.40. The summed E-state index contributed by atoms with van der Waals surface area (Å²) < 4.78 is 0. The molecule has 0 aliphatic heterocycles. The van der Waals surface area contributed by atoms with E-state index in [0.717, 1.165) is 0 Å². The molecule has 0 saturated heterocycles. The van der Waals surface area contributed by atoms with Crippen molar-refractivity contribution in [3.05, 3.63) is 41.7 Å². The molecule has 1 nitrogen and oxygen atoms in total. The molecule has 94 valence electrons. The number of rotatable bonds is 0. The minimum atomic E-state index is 0.287. The fraction of sp³-hybridized carbons (Fsp3) is 0.471. The smallest absolute Gasteiger partial charge is 0.0346 e. The predicted octanol–water partition coefficient (Wildman–Crippen LogP) is 4.58. The van der Waals surface area contributed by atoms with Crippen LogP contribution in [0.5, 0.6) is 0 Å². The third kappa shape index (κ3) is 1.65. The number of nitrogens with zero attached hydrogens (tertiary/aromatic N) is 1. The Morgan fingerprint density at radius 3 is 2.06 bits per heavy atom. The van der Waals surface area contributed by atoms with Crippen molar-refractivity contribution in [3.63, 3.8) is 0 Å². The van der Waals surface area contributed by atoms with E-state index in [2.05, 4.69) is 50.9 Å². The highest BCUT2D eigenvalue weighted by molar-refractivity contribution is 5.84. The standard InChI is InChI=1S/C17H21N/c1-16(2)6-7-17(3,4)15-10-13-11-18-8-5-12(13)9-14(15)16/h5,8-11H,6-7H2,1-4H3. The molecule has 0 spiro atoms. The number of hydrogen-bond acceptors (Lipinski definition) is 1. The molecule has 0 unspecified atom stereocenters. The minimum Gasteiger partial charge on any atom is -0.264 e. The van der Waals surface area contributed by atoms with Gasteiger partial charge >= 0.3 is 0 Å². The summed E-state index contributed by atoms with van der Waals surface area (Å²) >= 11 is 0. The summed E-state index contributed by atoms with van der Waals surface area (Å²) in [4.78, 5) is 4.25. The van der Waals surface area contributed by atoms with E-state index >= 15 is 0 Å². The van der Waals surface area contributed by atoms with Gasteiger partial charge in [-0.05, 0) is 52.3 Å². The number of pyridine rings is 1. The normalized spacial score (nSPS) is 20.7. The summed E-state index contributed by atoms with van der Waals surface area (Å²) in [5.74, 6) is 0. The molecule has 0 radical (unpaired) electrons. The molecule has 0 amide bonds. The maximum Gasteiger partial charge on any atom is 0.0346 e. The quantitative estimate of drug-likeness (QED) is 0.655. The average molecular weight is 239 g/mol. The summed E-state index contributed by atoms with van der Waals surface area (Å²) in [5.41, 5.74) is 3.62. The summed E-state index contributed by atoms with van der Waals surface area (Å²) in [6.07, 6.45) is 6.39. The highest BCUT2D eigenvalue weighted by atomic mass is 14.6. The number of fused-ring (bicyclic) bond motifs is 2. The van der Waals surface area contributed by atoms with Crippen molar-refractivity contribution < 1.29 is 0 Å². The van der Waals surface area contributed by atoms with Crippen molar-refractivity contribution in [1.29, 1.82) is 0 Å². The Morgan fingerprint density at radius 2 is 1.44 bits per heavy atom. The highest BCUT2D eigenvalue weighted by Gasteiger charge is 2.36. The Labute approximate surface area is 109 Å². The van der Waals surface area contributed by atoms with Crippen molar-refractivity contribution in [2.24, 2.45) is 0 Å². The molecule has 0 atom stereocenters. The molecule has 0 saturated carbocycles. The number of benzene rings is 1. The summed E-state index contributed by atoms with van der Waals surface area (Å²) in [7, 11) is 0. The van der Waals surface area contributed by atoms with E-state index in [1.807, 2.05) is 12.4 Å². The number of aromatic nitrogens is 1. The van der Waals surface area contributed by atoms with Crippen molar-refractivity contribution in [1.82, 2.24) is 4.98 Å². The van der Waals surface area contributed by atoms with Crippen LogP contribution in [0.1, 0.15) is 51.7 Å². The molecule has 1 heterocycles. The molecular formula is C17H21N. The fourth-order valence-electron chi connectivity index (χ4n) is 3.15. The van der Waals surface area contributed by atoms with Gasteiger partial charge in [-0.15, -0.1) is 0 Å². The van der Waals surface area contributed by atoms with Gasteiger partial charge < -0.3 is 0 Å². The van der Waals surface area contributed by atoms with Crippen LogP contribution in [-0.4, -0.2) is 4.98 Å². The van der Waals surface area contributed by atoms with Crippen LogP contribution in [0.2, 0.25) is 0 Å². The van der Waals surface area contributed by atoms with Crippen molar-refractivity contribution in [3.8, 4) is 0 Å². The van der Waals surface area contributed by atoms with Gasteiger partial charge in [0.15, 0.2) is 0 Å². The SMILES string of the molecule is CC1(C)CCC(C)(C)c2cc3cnccc3cc21. The zero-order valence-electron chi connectivity index (χ0n) is 11.7. The molecule has 0 fully saturated rings. The van der Waals surface area contributed by atoms with E-state index in [1.54, 1.807) is 0 Å². The van der Waals surface area contributed by atoms with Crippen LogP contribution in [0.25, 0.3) is 10.8 Å². The van der Waals surface area contributed by atoms with E-state index in [1.165, 1.54) is 34.7 Å². The first-order valence-electron chi connectivity index (χ1n) is 6.79. The lowest BCUT2D eigenvalue weighted by atomic mass is 9.63. The fourth-order valence-corrected chi connectivity index (χ4v) is 3.15. The summed E-state index contributed by atoms with van der Waals surface area (Å²) in [6, 6.07) is 6.86. The average Bonchev–Trinajstić information content (AvgIpc) is 2.34. The molecule has 0 N–H and O–H groups in total. The van der Waals surface area contributed by atoms with E-state index in [4.69, 9.17) is 0 Å². The Bertz CT molecular complexity index is 554. The van der Waals surface area contributed by atoms with Crippen LogP contribution in [-0.2, 0) is 10.8 Å². The van der Waals surface area contributed by atoms with Gasteiger partial charge in [-0.2, -0.15) is 0 Å². The van der Waals surface area contributed by atoms with Crippen LogP contribution < -0.4 is 0 Å². The first kappa shape index (κ1) is 11.7. The Hall–Kier alpha value is -1.37. The largest absolute Gasteiger partial charge is 0.264 e. The van der Waals surface area contributed by atoms with Crippen molar-refractivity contribution >= 4 is 10.8 Å². The van der Waals surface area contributed by atoms with E-state index in [0.29, 0.717) is 5.41 Å². The molecule has 2 aromatic rings. The summed E-state index contributed by atoms with van der Waals surface area (Å²) in [5, 5.41) is 2.58. The van der Waals surface area contributed by atoms with Crippen molar-refractivity contribution in [2.45, 2.75) is 51.4 Å². The lowest BCUT2D eigenvalue weighted by Gasteiger charge is -2.42. The minimum absolute atomic E-state index is 0.287. The van der Waals surface area contributed by atoms with Crippen LogP contribution in [0.4, 0.5) is 0 Å². The van der Waals surface area contributed by atoms with Crippen LogP contribution in [0, 0.1) is 0 Å². The molecule has 1 heteroatoms. The second-order valence-corrected chi connectivity index (χ2v) is 6.89. The molecule has 3 rings (SSSR count). The molecule has 18 heavy (non-hydrogen) atoms. The lowest BCUT2D eigenvalue weighted by Crippen LogP contribution is -2.33. The van der Waals surface area contributed by atoms with Crippen LogP contribution in [0.15, 0.2) is 30.6 Å². The molecule has 1 aliphatic carbocycles. The number of hydrogen-bond donors (Lipinski definition) is 0. The zero-order valence-corrected chi connectivity index (χ0v) is 11.7. The van der Waals surface area contributed by atoms with Gasteiger partial charge in [0.25, 0.3) is 0 Å². The van der Waals surface area contributed by atoms with Gasteiger partial charge in [0, 0.05) is 17.8 Å². The van der Waals surface area contributed by atoms with Crippen LogP contribution in [0.3, 0.4) is 0 Å². The third-order valence-electron chi connectivity index (χ3n) is 4.61. The van der Waals surface area contributed by atoms with Gasteiger partial charge in [0.1, 0.15) is 0 Å². The van der Waals surface area contributed by atoms with Crippen molar-refractivity contribution in [2.75, 3.05) is 0 Å². The monoisotopic (exact) mass is 239 g/mol. The van der Waals surface area contributed by atoms with Crippen LogP contribution >= 0.6 is 0 Å². The Balaban J connectivity index is 2.35. The molecule has 0 bridgehead atoms. The van der Waals surface area contributed by atoms with Gasteiger partial charge in [0.05, 0.1) is 0 Å². The van der Waals surface area contributed by atoms with E-state index < -0.39 is 0 Å². The second-order valence-electron chi connectivity index (χ2n) is 6.89. The highest BCUT2D eigenvalue weighted by Crippen LogP contribution is 2.46. The zero-order chi connectivity index (χ0) is 13.0. The molecule has 1 aromatic heterocycles. The molecule has 1 aromatic carbocycles. The van der Waals surface area contributed by atoms with E-state index in [-0.39, 0.29) is 5.41 Å². The molecule has 1 aliphatic rings. The topological polar surface area (TPSA) is 12.9 Å². The summed E-state index contributed by atoms with van der Waals surface area (Å²) in [6.45, 7) is 9.47. The van der Waals surface area contributed by atoms with E-state index in [9.17, 15) is 0 Å². The third-order valence-corrected chi connectivity index (χ3v) is 4.61.